The molecule has 0 aromatic heterocycles. The topological polar surface area (TPSA) is 0 Å². The molecule has 0 heteroatoms. The summed E-state index contributed by atoms with van der Waals surface area (Å²) in [5, 5.41) is 0. The molecule has 4 unspecified atom stereocenters. The third kappa shape index (κ3) is 0.179. The fourth-order valence-electron chi connectivity index (χ4n) is 4.12. The van der Waals surface area contributed by atoms with E-state index in [0.29, 0.717) is 0 Å². The molecule has 0 bridgehead atoms. The molecule has 3 fully saturated rings. The summed E-state index contributed by atoms with van der Waals surface area (Å²) in [7, 11) is 0. The van der Waals surface area contributed by atoms with E-state index in [1.165, 1.54) is 11.8 Å². The highest BCUT2D eigenvalue weighted by Crippen LogP contribution is 2.91. The maximum Gasteiger partial charge on any atom is -0.00979 e. The average Bonchev–Trinajstić information content (AvgIpc) is 2.47. The summed E-state index contributed by atoms with van der Waals surface area (Å²) in [6.45, 7) is 0. The fourth-order valence-corrected chi connectivity index (χ4v) is 4.12. The Bertz CT molecular complexity index is 202. The summed E-state index contributed by atoms with van der Waals surface area (Å²) in [6, 6.07) is 0. The van der Waals surface area contributed by atoms with Crippen molar-refractivity contribution in [3.63, 3.8) is 0 Å². The Labute approximate surface area is 54.9 Å². The molecular formula is C9H10. The zero-order chi connectivity index (χ0) is 5.64. The molecule has 0 heterocycles. The first-order valence-electron chi connectivity index (χ1n) is 4.14. The van der Waals surface area contributed by atoms with Crippen LogP contribution in [0.3, 0.4) is 0 Å². The molecule has 0 amide bonds. The van der Waals surface area contributed by atoms with Crippen LogP contribution in [-0.2, 0) is 0 Å². The average molecular weight is 118 g/mol. The highest BCUT2D eigenvalue weighted by molar-refractivity contribution is 5.44. The van der Waals surface area contributed by atoms with E-state index in [0.717, 1.165) is 17.3 Å². The third-order valence-corrected chi connectivity index (χ3v) is 4.40. The van der Waals surface area contributed by atoms with Gasteiger partial charge < -0.3 is 0 Å². The molecule has 0 saturated heterocycles. The Hall–Kier alpha value is -0.260. The van der Waals surface area contributed by atoms with Crippen LogP contribution in [0.4, 0.5) is 0 Å². The van der Waals surface area contributed by atoms with Crippen molar-refractivity contribution in [1.82, 2.24) is 0 Å². The van der Waals surface area contributed by atoms with Crippen molar-refractivity contribution in [2.45, 2.75) is 12.8 Å². The van der Waals surface area contributed by atoms with Crippen molar-refractivity contribution in [2.24, 2.45) is 29.1 Å². The largest absolute Gasteiger partial charge is 0.0842 e. The quantitative estimate of drug-likeness (QED) is 0.426. The maximum absolute atomic E-state index is 2.49. The fraction of sp³-hybridized carbons (Fsp3) is 0.778. The predicted octanol–water partition coefficient (Wildman–Crippen LogP) is 1.83. The van der Waals surface area contributed by atoms with Crippen LogP contribution in [-0.4, -0.2) is 0 Å². The van der Waals surface area contributed by atoms with Crippen LogP contribution in [0.2, 0.25) is 0 Å². The molecular weight excluding hydrogens is 108 g/mol. The molecule has 0 aliphatic heterocycles. The summed E-state index contributed by atoms with van der Waals surface area (Å²) in [5.41, 5.74) is 0.944. The van der Waals surface area contributed by atoms with Gasteiger partial charge >= 0.3 is 0 Å². The molecule has 0 N–H and O–H groups in total. The van der Waals surface area contributed by atoms with Crippen molar-refractivity contribution in [3.05, 3.63) is 12.2 Å². The summed E-state index contributed by atoms with van der Waals surface area (Å²) >= 11 is 0. The number of rotatable bonds is 0. The normalized spacial score (nSPS) is 78.2. The summed E-state index contributed by atoms with van der Waals surface area (Å²) in [4.78, 5) is 0. The lowest BCUT2D eigenvalue weighted by Crippen LogP contribution is -1.87. The van der Waals surface area contributed by atoms with Crippen molar-refractivity contribution >= 4 is 0 Å². The lowest BCUT2D eigenvalue weighted by Gasteiger charge is -1.98. The number of hydrogen-bond acceptors (Lipinski definition) is 0. The Morgan fingerprint density at radius 1 is 1.00 bits per heavy atom. The van der Waals surface area contributed by atoms with Gasteiger partial charge in [0.1, 0.15) is 0 Å². The zero-order valence-corrected chi connectivity index (χ0v) is 5.38. The minimum Gasteiger partial charge on any atom is -0.0842 e. The molecule has 9 heavy (non-hydrogen) atoms. The molecule has 0 nitrogen and oxygen atoms in total. The van der Waals surface area contributed by atoms with Gasteiger partial charge in [-0.25, -0.2) is 0 Å². The van der Waals surface area contributed by atoms with Gasteiger partial charge in [0, 0.05) is 0 Å². The molecule has 0 aromatic carbocycles. The summed E-state index contributed by atoms with van der Waals surface area (Å²) < 4.78 is 0. The van der Waals surface area contributed by atoms with Gasteiger partial charge in [-0.1, -0.05) is 12.2 Å². The Morgan fingerprint density at radius 2 is 1.56 bits per heavy atom. The van der Waals surface area contributed by atoms with Crippen molar-refractivity contribution in [3.8, 4) is 0 Å². The molecule has 1 spiro atoms. The van der Waals surface area contributed by atoms with Crippen LogP contribution in [0.25, 0.3) is 0 Å². The molecule has 46 valence electrons. The van der Waals surface area contributed by atoms with Crippen LogP contribution in [0.15, 0.2) is 12.2 Å². The van der Waals surface area contributed by atoms with E-state index in [4.69, 9.17) is 0 Å². The van der Waals surface area contributed by atoms with E-state index >= 15 is 0 Å². The lowest BCUT2D eigenvalue weighted by atomic mass is 10.1. The number of hydrogen-bond donors (Lipinski definition) is 0. The lowest BCUT2D eigenvalue weighted by molar-refractivity contribution is 0.601. The first kappa shape index (κ1) is 3.80. The number of allylic oxidation sites excluding steroid dienone is 2. The molecule has 3 saturated carbocycles. The first-order chi connectivity index (χ1) is 4.45. The smallest absolute Gasteiger partial charge is 0.00979 e. The maximum atomic E-state index is 2.49. The van der Waals surface area contributed by atoms with Gasteiger partial charge in [-0.3, -0.25) is 0 Å². The van der Waals surface area contributed by atoms with Gasteiger partial charge in [0.15, 0.2) is 0 Å². The summed E-state index contributed by atoms with van der Waals surface area (Å²) in [6.07, 6.45) is 8.11. The number of fused-ring (bicyclic) bond motifs is 2. The van der Waals surface area contributed by atoms with E-state index in [1.54, 1.807) is 12.8 Å². The zero-order valence-electron chi connectivity index (χ0n) is 5.38. The Morgan fingerprint density at radius 3 is 1.89 bits per heavy atom. The van der Waals surface area contributed by atoms with Gasteiger partial charge in [0.05, 0.1) is 0 Å². The van der Waals surface area contributed by atoms with Gasteiger partial charge in [-0.05, 0) is 41.9 Å². The van der Waals surface area contributed by atoms with E-state index in [2.05, 4.69) is 12.2 Å². The van der Waals surface area contributed by atoms with Crippen LogP contribution < -0.4 is 0 Å². The van der Waals surface area contributed by atoms with Crippen molar-refractivity contribution < 1.29 is 0 Å². The van der Waals surface area contributed by atoms with Gasteiger partial charge in [-0.2, -0.15) is 0 Å². The molecule has 4 atom stereocenters. The molecule has 0 aromatic rings. The van der Waals surface area contributed by atoms with Crippen molar-refractivity contribution in [1.29, 1.82) is 0 Å². The Kier molecular flexibility index (Phi) is 0.314. The van der Waals surface area contributed by atoms with E-state index < -0.39 is 0 Å². The van der Waals surface area contributed by atoms with Crippen LogP contribution >= 0.6 is 0 Å². The van der Waals surface area contributed by atoms with E-state index in [-0.39, 0.29) is 0 Å². The summed E-state index contributed by atoms with van der Waals surface area (Å²) in [5.74, 6) is 4.53. The standard InChI is InChI=1S/C9H10/c1-2-6-8-4-3-7-5(1)9(6,7)8/h1-2,5-8H,3-4H2. The minimum atomic E-state index is 0.944. The molecule has 4 aliphatic rings. The molecule has 4 aliphatic carbocycles. The van der Waals surface area contributed by atoms with E-state index in [1.807, 2.05) is 0 Å². The van der Waals surface area contributed by atoms with Gasteiger partial charge in [0.2, 0.25) is 0 Å². The van der Waals surface area contributed by atoms with Gasteiger partial charge in [0.25, 0.3) is 0 Å². The van der Waals surface area contributed by atoms with Crippen molar-refractivity contribution in [2.75, 3.05) is 0 Å². The van der Waals surface area contributed by atoms with Crippen LogP contribution in [0, 0.1) is 29.1 Å². The highest BCUT2D eigenvalue weighted by Gasteiger charge is 2.86. The monoisotopic (exact) mass is 118 g/mol. The van der Waals surface area contributed by atoms with Crippen LogP contribution in [0.1, 0.15) is 12.8 Å². The van der Waals surface area contributed by atoms with Crippen LogP contribution in [0.5, 0.6) is 0 Å². The minimum absolute atomic E-state index is 0.944. The first-order valence-corrected chi connectivity index (χ1v) is 4.14. The predicted molar refractivity (Wildman–Crippen MR) is 34.8 cm³/mol. The second-order valence-corrected chi connectivity index (χ2v) is 4.23. The van der Waals surface area contributed by atoms with Gasteiger partial charge in [-0.15, -0.1) is 0 Å². The molecule has 4 rings (SSSR count). The molecule has 0 radical (unpaired) electrons. The second-order valence-electron chi connectivity index (χ2n) is 4.23. The third-order valence-electron chi connectivity index (χ3n) is 4.40. The second kappa shape index (κ2) is 0.744. The highest BCUT2D eigenvalue weighted by atomic mass is 14.9. The SMILES string of the molecule is C1=CC2C3CCC4C1C243. The Balaban J connectivity index is 2.04. The van der Waals surface area contributed by atoms with E-state index in [9.17, 15) is 0 Å².